The molecule has 98 valence electrons. The average Bonchev–Trinajstić information content (AvgIpc) is 2.51. The molecule has 0 saturated heterocycles. The molecule has 2 aliphatic carbocycles. The number of fused-ring (bicyclic) bond motifs is 1. The van der Waals surface area contributed by atoms with Crippen LogP contribution in [0, 0.1) is 11.3 Å². The molecular weight excluding hydrogens is 228 g/mol. The molecule has 3 heteroatoms. The maximum atomic E-state index is 12.1. The number of ether oxygens (including phenoxy) is 1. The van der Waals surface area contributed by atoms with Crippen LogP contribution in [-0.2, 0) is 14.3 Å². The third-order valence-electron chi connectivity index (χ3n) is 4.09. The molecule has 2 atom stereocenters. The van der Waals surface area contributed by atoms with Crippen LogP contribution in [0.15, 0.2) is 23.3 Å². The fourth-order valence-corrected chi connectivity index (χ4v) is 3.06. The molecule has 0 amide bonds. The second-order valence-corrected chi connectivity index (χ2v) is 5.58. The van der Waals surface area contributed by atoms with Gasteiger partial charge < -0.3 is 4.74 Å². The van der Waals surface area contributed by atoms with Gasteiger partial charge in [0.1, 0.15) is 12.4 Å². The van der Waals surface area contributed by atoms with Gasteiger partial charge in [0.25, 0.3) is 0 Å². The molecule has 0 heterocycles. The zero-order chi connectivity index (χ0) is 13.3. The molecule has 0 aliphatic heterocycles. The van der Waals surface area contributed by atoms with Crippen molar-refractivity contribution in [2.24, 2.45) is 11.3 Å². The Kier molecular flexibility index (Phi) is 3.42. The Balaban J connectivity index is 2.20. The molecule has 0 fully saturated rings. The Bertz CT molecular complexity index is 445. The van der Waals surface area contributed by atoms with Crippen LogP contribution in [0.4, 0.5) is 0 Å². The monoisotopic (exact) mass is 248 g/mol. The molecule has 2 aliphatic rings. The Morgan fingerprint density at radius 1 is 1.50 bits per heavy atom. The van der Waals surface area contributed by atoms with E-state index in [2.05, 4.69) is 19.1 Å². The van der Waals surface area contributed by atoms with Gasteiger partial charge in [-0.15, -0.1) is 0 Å². The Morgan fingerprint density at radius 3 is 2.89 bits per heavy atom. The minimum absolute atomic E-state index is 0.271. The first-order valence-electron chi connectivity index (χ1n) is 6.48. The molecular formula is C15H20O3. The van der Waals surface area contributed by atoms with Gasteiger partial charge in [0.15, 0.2) is 0 Å². The summed E-state index contributed by atoms with van der Waals surface area (Å²) in [5.74, 6) is 0.420. The van der Waals surface area contributed by atoms with E-state index < -0.39 is 0 Å². The number of Topliss-reactive ketones (excluding diaryl/α,β-unsaturated/α-hetero) is 1. The topological polar surface area (TPSA) is 43.4 Å². The molecule has 0 aromatic carbocycles. The van der Waals surface area contributed by atoms with Crippen LogP contribution in [0.25, 0.3) is 0 Å². The average molecular weight is 248 g/mol. The van der Waals surface area contributed by atoms with E-state index in [1.165, 1.54) is 12.5 Å². The van der Waals surface area contributed by atoms with E-state index in [1.54, 1.807) is 0 Å². The predicted octanol–water partition coefficient (Wildman–Crippen LogP) is 2.81. The summed E-state index contributed by atoms with van der Waals surface area (Å²) in [6.07, 6.45) is 6.39. The standard InChI is InChI=1S/C15H20O3/c1-10-4-5-12(9-18-11(2)16)8-15(3)13(10)6-7-14(15)17/h5-6,10H,4,7-9H2,1-3H3/t10-,15-/m0/s1. The second kappa shape index (κ2) is 4.71. The van der Waals surface area contributed by atoms with E-state index in [0.717, 1.165) is 12.0 Å². The highest BCUT2D eigenvalue weighted by Crippen LogP contribution is 2.47. The number of carbonyl (C=O) groups excluding carboxylic acids is 2. The number of allylic oxidation sites excluding steroid dienone is 3. The summed E-state index contributed by atoms with van der Waals surface area (Å²) >= 11 is 0. The van der Waals surface area contributed by atoms with E-state index in [1.807, 2.05) is 6.92 Å². The maximum absolute atomic E-state index is 12.1. The van der Waals surface area contributed by atoms with Crippen LogP contribution in [0.5, 0.6) is 0 Å². The quantitative estimate of drug-likeness (QED) is 0.557. The van der Waals surface area contributed by atoms with E-state index in [4.69, 9.17) is 4.74 Å². The third kappa shape index (κ3) is 2.26. The normalized spacial score (nSPS) is 31.3. The first-order chi connectivity index (χ1) is 8.43. The molecule has 0 unspecified atom stereocenters. The molecule has 18 heavy (non-hydrogen) atoms. The number of esters is 1. The molecule has 3 nitrogen and oxygen atoms in total. The van der Waals surface area contributed by atoms with E-state index in [9.17, 15) is 9.59 Å². The zero-order valence-electron chi connectivity index (χ0n) is 11.3. The van der Waals surface area contributed by atoms with Crippen LogP contribution >= 0.6 is 0 Å². The van der Waals surface area contributed by atoms with Crippen molar-refractivity contribution in [3.8, 4) is 0 Å². The first kappa shape index (κ1) is 13.1. The van der Waals surface area contributed by atoms with Crippen molar-refractivity contribution >= 4 is 11.8 Å². The third-order valence-corrected chi connectivity index (χ3v) is 4.09. The van der Waals surface area contributed by atoms with E-state index >= 15 is 0 Å². The highest BCUT2D eigenvalue weighted by Gasteiger charge is 2.43. The van der Waals surface area contributed by atoms with Gasteiger partial charge in [-0.25, -0.2) is 0 Å². The van der Waals surface area contributed by atoms with Crippen molar-refractivity contribution < 1.29 is 14.3 Å². The van der Waals surface area contributed by atoms with Crippen molar-refractivity contribution in [3.63, 3.8) is 0 Å². The van der Waals surface area contributed by atoms with Gasteiger partial charge in [0.2, 0.25) is 0 Å². The van der Waals surface area contributed by atoms with Gasteiger partial charge in [0.05, 0.1) is 5.41 Å². The molecule has 0 radical (unpaired) electrons. The van der Waals surface area contributed by atoms with Crippen LogP contribution in [0.2, 0.25) is 0 Å². The Morgan fingerprint density at radius 2 is 2.22 bits per heavy atom. The number of hydrogen-bond acceptors (Lipinski definition) is 3. The SMILES string of the molecule is CC(=O)OCC1=CC[C@H](C)C2=CCC(=O)[C@@]2(C)C1. The van der Waals surface area contributed by atoms with Gasteiger partial charge in [-0.3, -0.25) is 9.59 Å². The Labute approximate surface area is 108 Å². The minimum Gasteiger partial charge on any atom is -0.461 e. The predicted molar refractivity (Wildman–Crippen MR) is 68.9 cm³/mol. The first-order valence-corrected chi connectivity index (χ1v) is 6.48. The number of carbonyl (C=O) groups is 2. The van der Waals surface area contributed by atoms with Crippen molar-refractivity contribution in [1.29, 1.82) is 0 Å². The molecule has 0 bridgehead atoms. The summed E-state index contributed by atoms with van der Waals surface area (Å²) in [6, 6.07) is 0. The largest absolute Gasteiger partial charge is 0.461 e. The fourth-order valence-electron chi connectivity index (χ4n) is 3.06. The molecule has 0 saturated carbocycles. The highest BCUT2D eigenvalue weighted by molar-refractivity contribution is 5.92. The van der Waals surface area contributed by atoms with Crippen molar-refractivity contribution in [1.82, 2.24) is 0 Å². The lowest BCUT2D eigenvalue weighted by atomic mass is 9.74. The van der Waals surface area contributed by atoms with Crippen LogP contribution in [0.3, 0.4) is 0 Å². The maximum Gasteiger partial charge on any atom is 0.302 e. The van der Waals surface area contributed by atoms with Gasteiger partial charge in [0, 0.05) is 13.3 Å². The highest BCUT2D eigenvalue weighted by atomic mass is 16.5. The summed E-state index contributed by atoms with van der Waals surface area (Å²) in [5.41, 5.74) is 1.96. The van der Waals surface area contributed by atoms with Gasteiger partial charge in [-0.2, -0.15) is 0 Å². The number of rotatable bonds is 2. The lowest BCUT2D eigenvalue weighted by molar-refractivity contribution is -0.140. The van der Waals surface area contributed by atoms with Crippen LogP contribution < -0.4 is 0 Å². The van der Waals surface area contributed by atoms with Crippen LogP contribution in [0.1, 0.15) is 40.0 Å². The number of ketones is 1. The molecule has 0 aromatic heterocycles. The van der Waals surface area contributed by atoms with Crippen molar-refractivity contribution in [3.05, 3.63) is 23.3 Å². The molecule has 0 aromatic rings. The smallest absolute Gasteiger partial charge is 0.302 e. The summed E-state index contributed by atoms with van der Waals surface area (Å²) in [7, 11) is 0. The fraction of sp³-hybridized carbons (Fsp3) is 0.600. The summed E-state index contributed by atoms with van der Waals surface area (Å²) in [6.45, 7) is 5.91. The van der Waals surface area contributed by atoms with Gasteiger partial charge in [-0.05, 0) is 31.3 Å². The molecule has 0 spiro atoms. The summed E-state index contributed by atoms with van der Waals surface area (Å²) < 4.78 is 5.06. The molecule has 2 rings (SSSR count). The minimum atomic E-state index is -0.373. The lowest BCUT2D eigenvalue weighted by Crippen LogP contribution is -2.28. The summed E-state index contributed by atoms with van der Waals surface area (Å²) in [4.78, 5) is 23.0. The van der Waals surface area contributed by atoms with Gasteiger partial charge in [-0.1, -0.05) is 24.6 Å². The Hall–Kier alpha value is -1.38. The van der Waals surface area contributed by atoms with E-state index in [0.29, 0.717) is 31.1 Å². The van der Waals surface area contributed by atoms with Crippen molar-refractivity contribution in [2.75, 3.05) is 6.61 Å². The van der Waals surface area contributed by atoms with E-state index in [-0.39, 0.29) is 11.4 Å². The van der Waals surface area contributed by atoms with Crippen LogP contribution in [-0.4, -0.2) is 18.4 Å². The van der Waals surface area contributed by atoms with Crippen molar-refractivity contribution in [2.45, 2.75) is 40.0 Å². The number of hydrogen-bond donors (Lipinski definition) is 0. The molecule has 0 N–H and O–H groups in total. The second-order valence-electron chi connectivity index (χ2n) is 5.58. The summed E-state index contributed by atoms with van der Waals surface area (Å²) in [5, 5.41) is 0. The van der Waals surface area contributed by atoms with Gasteiger partial charge >= 0.3 is 5.97 Å². The lowest BCUT2D eigenvalue weighted by Gasteiger charge is -2.28. The zero-order valence-corrected chi connectivity index (χ0v) is 11.3.